The fourth-order valence-electron chi connectivity index (χ4n) is 11.1. The van der Waals surface area contributed by atoms with Crippen LogP contribution in [0.4, 0.5) is 0 Å². The molecule has 0 radical (unpaired) electrons. The molecule has 88 heavy (non-hydrogen) atoms. The lowest BCUT2D eigenvalue weighted by Crippen LogP contribution is -2.67. The van der Waals surface area contributed by atoms with Crippen LogP contribution >= 0.6 is 0 Å². The van der Waals surface area contributed by atoms with E-state index in [1.54, 1.807) is 6.92 Å². The van der Waals surface area contributed by atoms with Crippen LogP contribution in [0.3, 0.4) is 0 Å². The highest BCUT2D eigenvalue weighted by Crippen LogP contribution is 2.39. The molecule has 1 N–H and O–H groups in total. The largest absolute Gasteiger partial charge is 0.454 e. The molecule has 464 valence electrons. The molecular formula is C72H80O16. The van der Waals surface area contributed by atoms with Crippen LogP contribution < -0.4 is 0 Å². The fraction of sp³-hybridized carbons (Fsp3) is 0.389. The normalized spacial score (nSPS) is 27.1. The maximum Gasteiger partial charge on any atom is 0.306 e. The van der Waals surface area contributed by atoms with E-state index in [1.165, 1.54) is 6.92 Å². The van der Waals surface area contributed by atoms with E-state index in [4.69, 9.17) is 61.6 Å². The molecule has 15 atom stereocenters. The zero-order valence-electron chi connectivity index (χ0n) is 50.0. The van der Waals surface area contributed by atoms with Crippen LogP contribution in [0.2, 0.25) is 0 Å². The van der Waals surface area contributed by atoms with E-state index < -0.39 is 98.1 Å². The molecule has 3 aliphatic heterocycles. The molecule has 3 heterocycles. The van der Waals surface area contributed by atoms with Gasteiger partial charge in [0.2, 0.25) is 0 Å². The number of ketones is 1. The average Bonchev–Trinajstić information content (AvgIpc) is 2.39. The van der Waals surface area contributed by atoms with Gasteiger partial charge in [-0.1, -0.05) is 212 Å². The Morgan fingerprint density at radius 2 is 0.693 bits per heavy atom. The molecule has 0 aliphatic carbocycles. The van der Waals surface area contributed by atoms with Crippen LogP contribution in [0.5, 0.6) is 0 Å². The fourth-order valence-corrected chi connectivity index (χ4v) is 11.1. The van der Waals surface area contributed by atoms with Crippen molar-refractivity contribution in [3.8, 4) is 0 Å². The number of carbonyl (C=O) groups excluding carboxylic acids is 2. The summed E-state index contributed by atoms with van der Waals surface area (Å²) in [6.07, 6.45) is -17.0. The Morgan fingerprint density at radius 3 is 1.11 bits per heavy atom. The number of rotatable bonds is 30. The standard InChI is InChI=1S/C72H80O16/c1-49(73)39-40-60(74)86-69-66(62(78-43-54-29-15-6-16-30-54)51(3)84-72(69)88-67-64(80-45-56-33-19-8-20-34-56)61(50(2)83-70(67)75)77-42-53-27-13-5-14-28-53)87-71-68(82-47-58-37-23-10-24-38-58)65(81-46-57-35-21-9-22-36-57)63(79-44-55-31-17-7-18-32-55)59(85-71)48-76-41-52-25-11-4-12-26-52/h4-38,50-51,59,61-72,75H,39-48H2,1-3H3/t50-,51-,59+,61-,62-,63+,64+,65-,66+,67+,68+,69+,70+,71-,72-/m0/s1. The Balaban J connectivity index is 1.06. The van der Waals surface area contributed by atoms with Crippen molar-refractivity contribution < 1.29 is 76.3 Å². The first-order valence-corrected chi connectivity index (χ1v) is 30.3. The molecule has 7 aromatic carbocycles. The van der Waals surface area contributed by atoms with Gasteiger partial charge in [0.1, 0.15) is 60.7 Å². The first-order valence-electron chi connectivity index (χ1n) is 30.3. The Labute approximate surface area is 515 Å². The highest BCUT2D eigenvalue weighted by molar-refractivity contribution is 5.81. The Kier molecular flexibility index (Phi) is 24.1. The second-order valence-corrected chi connectivity index (χ2v) is 22.4. The second-order valence-electron chi connectivity index (χ2n) is 22.4. The third kappa shape index (κ3) is 18.4. The molecule has 0 amide bonds. The predicted octanol–water partition coefficient (Wildman–Crippen LogP) is 11.0. The van der Waals surface area contributed by atoms with Gasteiger partial charge in [-0.3, -0.25) is 4.79 Å². The van der Waals surface area contributed by atoms with Crippen LogP contribution in [0, 0.1) is 0 Å². The number of benzene rings is 7. The maximum atomic E-state index is 14.5. The summed E-state index contributed by atoms with van der Waals surface area (Å²) < 4.78 is 89.7. The summed E-state index contributed by atoms with van der Waals surface area (Å²) in [4.78, 5) is 27.0. The van der Waals surface area contributed by atoms with Crippen LogP contribution in [-0.4, -0.2) is 116 Å². The summed E-state index contributed by atoms with van der Waals surface area (Å²) in [6.45, 7) is 6.16. The minimum atomic E-state index is -1.60. The third-order valence-corrected chi connectivity index (χ3v) is 15.7. The SMILES string of the molecule is CC(=O)CCC(=O)O[C@H]1[C@H](O[C@@H]2[C@H](OCc3ccccc3)[C@@H](OCc3ccccc3)[C@H](C)O[C@H]2O)O[C@@H](C)[C@H](OCc2ccccc2)[C@H]1O[C@@H]1O[C@H](COCc2ccccc2)[C@@H](OCc2ccccc2)[C@H](OCc2ccccc2)[C@H]1OCc1ccccc1. The van der Waals surface area contributed by atoms with Crippen molar-refractivity contribution in [3.63, 3.8) is 0 Å². The molecule has 0 saturated carbocycles. The highest BCUT2D eigenvalue weighted by atomic mass is 16.8. The predicted molar refractivity (Wildman–Crippen MR) is 325 cm³/mol. The quantitative estimate of drug-likeness (QED) is 0.0421. The zero-order chi connectivity index (χ0) is 60.9. The van der Waals surface area contributed by atoms with Gasteiger partial charge in [-0.25, -0.2) is 0 Å². The highest BCUT2D eigenvalue weighted by Gasteiger charge is 2.57. The number of ether oxygens (including phenoxy) is 13. The second kappa shape index (κ2) is 33.1. The van der Waals surface area contributed by atoms with E-state index in [-0.39, 0.29) is 71.5 Å². The summed E-state index contributed by atoms with van der Waals surface area (Å²) >= 11 is 0. The van der Waals surface area contributed by atoms with E-state index in [2.05, 4.69) is 0 Å². The topological polar surface area (TPSA) is 174 Å². The summed E-state index contributed by atoms with van der Waals surface area (Å²) in [5.41, 5.74) is 6.26. The third-order valence-electron chi connectivity index (χ3n) is 15.7. The lowest BCUT2D eigenvalue weighted by Gasteiger charge is -2.51. The molecule has 10 rings (SSSR count). The molecule has 3 aliphatic rings. The van der Waals surface area contributed by atoms with E-state index in [1.807, 2.05) is 219 Å². The maximum absolute atomic E-state index is 14.5. The van der Waals surface area contributed by atoms with Crippen molar-refractivity contribution in [2.24, 2.45) is 0 Å². The number of esters is 1. The number of aliphatic hydroxyl groups is 1. The number of hydrogen-bond acceptors (Lipinski definition) is 16. The van der Waals surface area contributed by atoms with Crippen molar-refractivity contribution in [2.75, 3.05) is 6.61 Å². The van der Waals surface area contributed by atoms with E-state index >= 15 is 0 Å². The smallest absolute Gasteiger partial charge is 0.306 e. The zero-order valence-corrected chi connectivity index (χ0v) is 50.0. The van der Waals surface area contributed by atoms with Crippen molar-refractivity contribution in [3.05, 3.63) is 251 Å². The molecule has 7 aromatic rings. The van der Waals surface area contributed by atoms with E-state index in [0.717, 1.165) is 38.9 Å². The Hall–Kier alpha value is -6.84. The minimum absolute atomic E-state index is 0.0218. The first kappa shape index (κ1) is 64.2. The van der Waals surface area contributed by atoms with Gasteiger partial charge in [0.25, 0.3) is 0 Å². The Bertz CT molecular complexity index is 3110. The number of Topliss-reactive ketones (excluding diaryl/α,β-unsaturated/α-hetero) is 1. The van der Waals surface area contributed by atoms with Crippen molar-refractivity contribution in [1.82, 2.24) is 0 Å². The molecule has 16 nitrogen and oxygen atoms in total. The van der Waals surface area contributed by atoms with Gasteiger partial charge in [-0.05, 0) is 59.7 Å². The number of carbonyl (C=O) groups is 2. The minimum Gasteiger partial charge on any atom is -0.454 e. The van der Waals surface area contributed by atoms with Gasteiger partial charge in [0.15, 0.2) is 25.0 Å². The molecule has 0 bridgehead atoms. The average molecular weight is 1200 g/mol. The molecule has 3 saturated heterocycles. The van der Waals surface area contributed by atoms with Crippen molar-refractivity contribution in [2.45, 2.75) is 172 Å². The van der Waals surface area contributed by atoms with Gasteiger partial charge in [-0.15, -0.1) is 0 Å². The molecule has 0 spiro atoms. The van der Waals surface area contributed by atoms with Crippen LogP contribution in [0.1, 0.15) is 72.6 Å². The summed E-state index contributed by atoms with van der Waals surface area (Å²) in [6, 6.07) is 68.2. The first-order chi connectivity index (χ1) is 43.1. The van der Waals surface area contributed by atoms with E-state index in [0.29, 0.717) is 0 Å². The van der Waals surface area contributed by atoms with Crippen LogP contribution in [0.15, 0.2) is 212 Å². The monoisotopic (exact) mass is 1200 g/mol. The lowest BCUT2D eigenvalue weighted by atomic mass is 9.95. The van der Waals surface area contributed by atoms with Gasteiger partial charge in [0, 0.05) is 6.42 Å². The van der Waals surface area contributed by atoms with E-state index in [9.17, 15) is 14.7 Å². The van der Waals surface area contributed by atoms with Gasteiger partial charge < -0.3 is 71.5 Å². The summed E-state index contributed by atoms with van der Waals surface area (Å²) in [7, 11) is 0. The van der Waals surface area contributed by atoms with Crippen molar-refractivity contribution in [1.29, 1.82) is 0 Å². The lowest BCUT2D eigenvalue weighted by molar-refractivity contribution is -0.390. The molecule has 16 heteroatoms. The summed E-state index contributed by atoms with van der Waals surface area (Å²) in [5, 5.41) is 12.2. The van der Waals surface area contributed by atoms with Crippen LogP contribution in [-0.2, 0) is 117 Å². The number of hydrogen-bond donors (Lipinski definition) is 1. The van der Waals surface area contributed by atoms with Gasteiger partial charge >= 0.3 is 5.97 Å². The molecule has 3 fully saturated rings. The number of aliphatic hydroxyl groups excluding tert-OH is 1. The van der Waals surface area contributed by atoms with Gasteiger partial charge in [0.05, 0.1) is 71.5 Å². The summed E-state index contributed by atoms with van der Waals surface area (Å²) in [5.74, 6) is -0.962. The molecular weight excluding hydrogens is 1120 g/mol. The van der Waals surface area contributed by atoms with Gasteiger partial charge in [-0.2, -0.15) is 0 Å². The van der Waals surface area contributed by atoms with Crippen molar-refractivity contribution >= 4 is 11.8 Å². The Morgan fingerprint density at radius 1 is 0.364 bits per heavy atom. The van der Waals surface area contributed by atoms with Crippen LogP contribution in [0.25, 0.3) is 0 Å². The molecule has 0 unspecified atom stereocenters. The molecule has 0 aromatic heterocycles.